The van der Waals surface area contributed by atoms with Crippen LogP contribution in [0.1, 0.15) is 53.6 Å². The fourth-order valence-electron chi connectivity index (χ4n) is 6.81. The molecule has 2 aromatic carbocycles. The molecule has 12 heteroatoms. The molecule has 3 aromatic rings. The Kier molecular flexibility index (Phi) is 7.86. The summed E-state index contributed by atoms with van der Waals surface area (Å²) in [5.74, 6) is -1.24. The van der Waals surface area contributed by atoms with Crippen molar-refractivity contribution in [3.8, 4) is 5.75 Å². The molecule has 7 rings (SSSR count). The van der Waals surface area contributed by atoms with Crippen molar-refractivity contribution in [3.63, 3.8) is 0 Å². The number of halogens is 4. The zero-order valence-electron chi connectivity index (χ0n) is 24.0. The second-order valence-corrected chi connectivity index (χ2v) is 12.6. The number of alkyl halides is 3. The fraction of sp³-hybridized carbons (Fsp3) is 0.406. The lowest BCUT2D eigenvalue weighted by Gasteiger charge is -2.51. The van der Waals surface area contributed by atoms with Crippen molar-refractivity contribution >= 4 is 50.1 Å². The van der Waals surface area contributed by atoms with Crippen LogP contribution in [0.3, 0.4) is 0 Å². The number of carbonyl (C=O) groups is 2. The maximum Gasteiger partial charge on any atom is 0.573 e. The Hall–Kier alpha value is -3.64. The predicted octanol–water partition coefficient (Wildman–Crippen LogP) is 6.64. The molecule has 2 N–H and O–H groups in total. The van der Waals surface area contributed by atoms with Gasteiger partial charge in [-0.15, -0.1) is 13.2 Å². The van der Waals surface area contributed by atoms with E-state index in [1.165, 1.54) is 24.3 Å². The molecule has 44 heavy (non-hydrogen) atoms. The van der Waals surface area contributed by atoms with Gasteiger partial charge in [-0.2, -0.15) is 0 Å². The van der Waals surface area contributed by atoms with E-state index in [0.717, 1.165) is 10.9 Å². The first kappa shape index (κ1) is 30.4. The highest BCUT2D eigenvalue weighted by Gasteiger charge is 2.54. The topological polar surface area (TPSA) is 101 Å². The molecule has 1 saturated carbocycles. The number of aromatic nitrogens is 1. The molecule has 232 valence electrons. The van der Waals surface area contributed by atoms with E-state index >= 15 is 0 Å². The summed E-state index contributed by atoms with van der Waals surface area (Å²) < 4.78 is 51.0. The Labute approximate surface area is 260 Å². The van der Waals surface area contributed by atoms with Crippen molar-refractivity contribution in [2.45, 2.75) is 50.9 Å². The van der Waals surface area contributed by atoms with Gasteiger partial charge in [0.15, 0.2) is 0 Å². The Morgan fingerprint density at radius 2 is 1.84 bits per heavy atom. The SMILES string of the molecule is Cc1c(N2CCCOCC2)nc2ccc(Br)cc2c1C(=O)NC12CCC(C(=O)O)(C=C1c1ccccc1OC(F)(F)F)CC2. The minimum absolute atomic E-state index is 0.0967. The quantitative estimate of drug-likeness (QED) is 0.303. The number of pyridine rings is 1. The maximum absolute atomic E-state index is 14.5. The first-order valence-corrected chi connectivity index (χ1v) is 15.3. The molecule has 3 aliphatic carbocycles. The molecule has 8 nitrogen and oxygen atoms in total. The number of carboxylic acid groups (broad SMARTS) is 1. The standard InChI is InChI=1S/C32H31BrF3N3O5/c1-19-26(22-17-20(33)7-8-24(22)37-27(19)39-13-4-15-43-16-14-39)28(40)38-31-11-9-30(10-12-31,29(41)42)18-23(31)21-5-2-3-6-25(21)44-32(34,35)36/h2-3,5-8,17-18H,4,9-16H2,1H3,(H,38,40)(H,41,42). The highest BCUT2D eigenvalue weighted by molar-refractivity contribution is 9.10. The molecule has 1 amide bonds. The van der Waals surface area contributed by atoms with E-state index in [4.69, 9.17) is 9.72 Å². The van der Waals surface area contributed by atoms with E-state index in [2.05, 4.69) is 30.9 Å². The first-order valence-electron chi connectivity index (χ1n) is 14.5. The van der Waals surface area contributed by atoms with Gasteiger partial charge in [0.05, 0.1) is 28.6 Å². The number of rotatable bonds is 6. The third kappa shape index (κ3) is 5.53. The van der Waals surface area contributed by atoms with Gasteiger partial charge in [0.2, 0.25) is 0 Å². The van der Waals surface area contributed by atoms with Crippen LogP contribution >= 0.6 is 15.9 Å². The van der Waals surface area contributed by atoms with Gasteiger partial charge >= 0.3 is 12.3 Å². The lowest BCUT2D eigenvalue weighted by atomic mass is 9.57. The Balaban J connectivity index is 1.47. The summed E-state index contributed by atoms with van der Waals surface area (Å²) in [6, 6.07) is 11.2. The number of hydrogen-bond donors (Lipinski definition) is 2. The van der Waals surface area contributed by atoms with Gasteiger partial charge in [0, 0.05) is 40.7 Å². The Morgan fingerprint density at radius 3 is 2.57 bits per heavy atom. The van der Waals surface area contributed by atoms with E-state index in [9.17, 15) is 27.9 Å². The van der Waals surface area contributed by atoms with E-state index in [0.29, 0.717) is 59.7 Å². The van der Waals surface area contributed by atoms with E-state index in [-0.39, 0.29) is 31.2 Å². The number of nitrogens with one attached hydrogen (secondary N) is 1. The fourth-order valence-corrected chi connectivity index (χ4v) is 7.17. The minimum Gasteiger partial charge on any atom is -0.481 e. The lowest BCUT2D eigenvalue weighted by Crippen LogP contribution is -2.57. The number of carboxylic acids is 1. The molecule has 1 aliphatic heterocycles. The molecule has 2 heterocycles. The number of anilines is 1. The number of carbonyl (C=O) groups excluding carboxylic acids is 1. The van der Waals surface area contributed by atoms with E-state index in [1.807, 2.05) is 25.1 Å². The highest BCUT2D eigenvalue weighted by atomic mass is 79.9. The molecule has 2 bridgehead atoms. The molecule has 1 aromatic heterocycles. The van der Waals surface area contributed by atoms with Crippen LogP contribution in [0.4, 0.5) is 19.0 Å². The van der Waals surface area contributed by atoms with Crippen molar-refractivity contribution in [3.05, 3.63) is 69.7 Å². The Bertz CT molecular complexity index is 1660. The number of amides is 1. The predicted molar refractivity (Wildman–Crippen MR) is 162 cm³/mol. The average molecular weight is 675 g/mol. The van der Waals surface area contributed by atoms with Crippen molar-refractivity contribution in [2.75, 3.05) is 31.2 Å². The van der Waals surface area contributed by atoms with Gasteiger partial charge in [-0.3, -0.25) is 9.59 Å². The average Bonchev–Trinajstić information content (AvgIpc) is 3.26. The van der Waals surface area contributed by atoms with Gasteiger partial charge in [0.25, 0.3) is 5.91 Å². The number of benzene rings is 2. The van der Waals surface area contributed by atoms with E-state index in [1.54, 1.807) is 6.07 Å². The lowest BCUT2D eigenvalue weighted by molar-refractivity contribution is -0.274. The third-order valence-electron chi connectivity index (χ3n) is 9.03. The molecular formula is C32H31BrF3N3O5. The minimum atomic E-state index is -4.96. The maximum atomic E-state index is 14.5. The Morgan fingerprint density at radius 1 is 1.09 bits per heavy atom. The van der Waals surface area contributed by atoms with E-state index < -0.39 is 34.9 Å². The van der Waals surface area contributed by atoms with Crippen LogP contribution in [0.2, 0.25) is 0 Å². The van der Waals surface area contributed by atoms with Gasteiger partial charge in [0.1, 0.15) is 11.6 Å². The van der Waals surface area contributed by atoms with Crippen molar-refractivity contribution < 1.29 is 37.3 Å². The van der Waals surface area contributed by atoms with Gasteiger partial charge < -0.3 is 24.8 Å². The zero-order chi connectivity index (χ0) is 31.3. The summed E-state index contributed by atoms with van der Waals surface area (Å²) in [5.41, 5.74) is -0.260. The highest BCUT2D eigenvalue weighted by Crippen LogP contribution is 2.56. The van der Waals surface area contributed by atoms with Crippen LogP contribution in [0.5, 0.6) is 5.75 Å². The van der Waals surface area contributed by atoms with Crippen molar-refractivity contribution in [2.24, 2.45) is 5.41 Å². The smallest absolute Gasteiger partial charge is 0.481 e. The summed E-state index contributed by atoms with van der Waals surface area (Å²) in [7, 11) is 0. The molecular weight excluding hydrogens is 643 g/mol. The van der Waals surface area contributed by atoms with Crippen molar-refractivity contribution in [1.82, 2.24) is 10.3 Å². The molecule has 0 radical (unpaired) electrons. The number of fused-ring (bicyclic) bond motifs is 3. The molecule has 0 atom stereocenters. The van der Waals surface area contributed by atoms with Crippen LogP contribution in [-0.2, 0) is 9.53 Å². The number of hydrogen-bond acceptors (Lipinski definition) is 6. The summed E-state index contributed by atoms with van der Waals surface area (Å²) >= 11 is 3.51. The summed E-state index contributed by atoms with van der Waals surface area (Å²) in [5, 5.41) is 14.0. The monoisotopic (exact) mass is 673 g/mol. The number of aliphatic carboxylic acids is 1. The van der Waals surface area contributed by atoms with Crippen LogP contribution in [0, 0.1) is 12.3 Å². The molecule has 2 fully saturated rings. The van der Waals surface area contributed by atoms with Crippen LogP contribution < -0.4 is 15.0 Å². The van der Waals surface area contributed by atoms with Crippen LogP contribution in [0.15, 0.2) is 53.0 Å². The van der Waals surface area contributed by atoms with Crippen molar-refractivity contribution in [1.29, 1.82) is 0 Å². The second-order valence-electron chi connectivity index (χ2n) is 11.6. The molecule has 4 aliphatic rings. The van der Waals surface area contributed by atoms with Gasteiger partial charge in [-0.25, -0.2) is 4.98 Å². The van der Waals surface area contributed by atoms with Gasteiger partial charge in [-0.1, -0.05) is 40.2 Å². The molecule has 0 spiro atoms. The molecule has 1 saturated heterocycles. The second kappa shape index (κ2) is 11.4. The number of ether oxygens (including phenoxy) is 2. The number of para-hydroxylation sites is 1. The zero-order valence-corrected chi connectivity index (χ0v) is 25.6. The third-order valence-corrected chi connectivity index (χ3v) is 9.52. The summed E-state index contributed by atoms with van der Waals surface area (Å²) in [6.45, 7) is 4.34. The largest absolute Gasteiger partial charge is 0.573 e. The normalized spacial score (nSPS) is 23.7. The first-order chi connectivity index (χ1) is 20.9. The van der Waals surface area contributed by atoms with Gasteiger partial charge in [-0.05, 0) is 68.9 Å². The summed E-state index contributed by atoms with van der Waals surface area (Å²) in [6.07, 6.45) is -1.69. The van der Waals surface area contributed by atoms with Crippen LogP contribution in [-0.4, -0.2) is 60.2 Å². The van der Waals surface area contributed by atoms with Crippen LogP contribution in [0.25, 0.3) is 16.5 Å². The molecule has 0 unspecified atom stereocenters. The number of nitrogens with zero attached hydrogens (tertiary/aromatic N) is 2. The summed E-state index contributed by atoms with van der Waals surface area (Å²) in [4.78, 5) is 34.0.